The summed E-state index contributed by atoms with van der Waals surface area (Å²) < 4.78 is 24.0. The van der Waals surface area contributed by atoms with Crippen molar-refractivity contribution in [1.29, 1.82) is 0 Å². The van der Waals surface area contributed by atoms with Crippen molar-refractivity contribution in [3.8, 4) is 0 Å². The van der Waals surface area contributed by atoms with Crippen molar-refractivity contribution in [2.45, 2.75) is 38.5 Å². The molecule has 76 valence electrons. The fourth-order valence-electron chi connectivity index (χ4n) is 2.17. The van der Waals surface area contributed by atoms with Crippen LogP contribution < -0.4 is 0 Å². The van der Waals surface area contributed by atoms with Crippen LogP contribution in [0, 0.1) is 11.8 Å². The van der Waals surface area contributed by atoms with E-state index in [0.29, 0.717) is 0 Å². The highest BCUT2D eigenvalue weighted by Gasteiger charge is 2.51. The van der Waals surface area contributed by atoms with Crippen LogP contribution in [0.5, 0.6) is 0 Å². The maximum atomic E-state index is 13.7. The maximum absolute atomic E-state index is 13.7. The van der Waals surface area contributed by atoms with Gasteiger partial charge in [-0.2, -0.15) is 0 Å². The van der Waals surface area contributed by atoms with Gasteiger partial charge in [-0.05, 0) is 5.92 Å². The molecule has 0 radical (unpaired) electrons. The zero-order valence-electron chi connectivity index (χ0n) is 7.81. The first kappa shape index (κ1) is 9.37. The monoisotopic (exact) mass is 190 g/mol. The second-order valence-corrected chi connectivity index (χ2v) is 4.13. The molecule has 2 heterocycles. The fourth-order valence-corrected chi connectivity index (χ4v) is 2.17. The number of rotatable bonds is 1. The molecular weight excluding hydrogens is 175 g/mol. The van der Waals surface area contributed by atoms with Gasteiger partial charge in [-0.1, -0.05) is 13.8 Å². The number of aliphatic hydroxyl groups excluding tert-OH is 1. The average molecular weight is 190 g/mol. The molecular formula is C9H15FO3. The van der Waals surface area contributed by atoms with E-state index in [0.717, 1.165) is 0 Å². The summed E-state index contributed by atoms with van der Waals surface area (Å²) in [5.74, 6) is -0.244. The van der Waals surface area contributed by atoms with Crippen LogP contribution in [0.25, 0.3) is 0 Å². The topological polar surface area (TPSA) is 38.7 Å². The Hall–Kier alpha value is -0.190. The Morgan fingerprint density at radius 3 is 2.77 bits per heavy atom. The lowest BCUT2D eigenvalue weighted by Gasteiger charge is -2.36. The molecule has 4 heteroatoms. The van der Waals surface area contributed by atoms with Crippen LogP contribution in [0.15, 0.2) is 0 Å². The lowest BCUT2D eigenvalue weighted by atomic mass is 9.82. The Morgan fingerprint density at radius 2 is 2.15 bits per heavy atom. The largest absolute Gasteiger partial charge is 0.387 e. The summed E-state index contributed by atoms with van der Waals surface area (Å²) in [6.45, 7) is 4.09. The van der Waals surface area contributed by atoms with Crippen LogP contribution in [0.1, 0.15) is 13.8 Å². The lowest BCUT2D eigenvalue weighted by Crippen LogP contribution is -2.50. The van der Waals surface area contributed by atoms with Crippen LogP contribution in [-0.4, -0.2) is 36.4 Å². The van der Waals surface area contributed by atoms with Crippen LogP contribution >= 0.6 is 0 Å². The Kier molecular flexibility index (Phi) is 2.30. The molecule has 3 nitrogen and oxygen atoms in total. The summed E-state index contributed by atoms with van der Waals surface area (Å²) in [7, 11) is 0. The molecule has 2 aliphatic heterocycles. The van der Waals surface area contributed by atoms with E-state index in [-0.39, 0.29) is 18.4 Å². The fraction of sp³-hybridized carbons (Fsp3) is 1.00. The maximum Gasteiger partial charge on any atom is 0.184 e. The van der Waals surface area contributed by atoms with Crippen molar-refractivity contribution in [2.24, 2.45) is 11.8 Å². The van der Waals surface area contributed by atoms with Crippen molar-refractivity contribution >= 4 is 0 Å². The molecule has 0 aromatic heterocycles. The van der Waals surface area contributed by atoms with E-state index in [9.17, 15) is 9.50 Å². The van der Waals surface area contributed by atoms with Crippen molar-refractivity contribution in [1.82, 2.24) is 0 Å². The number of fused-ring (bicyclic) bond motifs is 2. The Balaban J connectivity index is 2.17. The molecule has 2 fully saturated rings. The molecule has 0 aromatic rings. The molecule has 2 saturated heterocycles. The highest BCUT2D eigenvalue weighted by atomic mass is 19.1. The molecule has 0 unspecified atom stereocenters. The summed E-state index contributed by atoms with van der Waals surface area (Å²) >= 11 is 0. The standard InChI is InChI=1S/C9H15FO3/c1-4(2)6-7(10)5-3-12-9(13-5)8(6)11/h4-9,11H,3H2,1-2H3/t5-,6-,7-,8+,9-/m1/s1. The predicted octanol–water partition coefficient (Wildman–Crippen LogP) is 0.713. The highest BCUT2D eigenvalue weighted by molar-refractivity contribution is 4.94. The summed E-state index contributed by atoms with van der Waals surface area (Å²) in [5, 5.41) is 9.71. The minimum Gasteiger partial charge on any atom is -0.387 e. The number of alkyl halides is 1. The van der Waals surface area contributed by atoms with Gasteiger partial charge in [-0.3, -0.25) is 0 Å². The van der Waals surface area contributed by atoms with Gasteiger partial charge >= 0.3 is 0 Å². The molecule has 0 saturated carbocycles. The molecule has 0 amide bonds. The van der Waals surface area contributed by atoms with Crippen LogP contribution in [0.2, 0.25) is 0 Å². The zero-order valence-corrected chi connectivity index (χ0v) is 7.81. The van der Waals surface area contributed by atoms with Gasteiger partial charge in [0.15, 0.2) is 6.29 Å². The van der Waals surface area contributed by atoms with Gasteiger partial charge in [-0.15, -0.1) is 0 Å². The molecule has 2 rings (SSSR count). The van der Waals surface area contributed by atoms with Gasteiger partial charge in [0.05, 0.1) is 6.61 Å². The van der Waals surface area contributed by atoms with E-state index in [2.05, 4.69) is 0 Å². The quantitative estimate of drug-likeness (QED) is 0.662. The number of aliphatic hydroxyl groups is 1. The van der Waals surface area contributed by atoms with Gasteiger partial charge in [0.1, 0.15) is 18.4 Å². The summed E-state index contributed by atoms with van der Waals surface area (Å²) in [6, 6.07) is 0. The Bertz CT molecular complexity index is 181. The molecule has 0 aromatic carbocycles. The summed E-state index contributed by atoms with van der Waals surface area (Å²) in [5.41, 5.74) is 0. The average Bonchev–Trinajstić information content (AvgIpc) is 2.46. The normalized spacial score (nSPS) is 50.1. The number of hydrogen-bond donors (Lipinski definition) is 1. The lowest BCUT2D eigenvalue weighted by molar-refractivity contribution is -0.203. The predicted molar refractivity (Wildman–Crippen MR) is 43.8 cm³/mol. The first-order valence-electron chi connectivity index (χ1n) is 4.70. The van der Waals surface area contributed by atoms with Crippen molar-refractivity contribution < 1.29 is 19.0 Å². The third-order valence-corrected chi connectivity index (χ3v) is 2.90. The smallest absolute Gasteiger partial charge is 0.184 e. The minimum absolute atomic E-state index is 0.112. The van der Waals surface area contributed by atoms with Gasteiger partial charge < -0.3 is 14.6 Å². The zero-order chi connectivity index (χ0) is 9.59. The van der Waals surface area contributed by atoms with Crippen molar-refractivity contribution in [3.63, 3.8) is 0 Å². The Morgan fingerprint density at radius 1 is 1.46 bits per heavy atom. The first-order valence-corrected chi connectivity index (χ1v) is 4.70. The molecule has 1 N–H and O–H groups in total. The number of ether oxygens (including phenoxy) is 2. The summed E-state index contributed by atoms with van der Waals surface area (Å²) in [6.07, 6.45) is -3.01. The van der Waals surface area contributed by atoms with E-state index >= 15 is 0 Å². The van der Waals surface area contributed by atoms with Crippen LogP contribution in [0.4, 0.5) is 4.39 Å². The van der Waals surface area contributed by atoms with E-state index < -0.39 is 24.7 Å². The molecule has 2 aliphatic rings. The minimum atomic E-state index is -1.10. The third-order valence-electron chi connectivity index (χ3n) is 2.90. The van der Waals surface area contributed by atoms with E-state index in [1.54, 1.807) is 0 Å². The van der Waals surface area contributed by atoms with Gasteiger partial charge in [0, 0.05) is 5.92 Å². The van der Waals surface area contributed by atoms with E-state index in [4.69, 9.17) is 9.47 Å². The molecule has 5 atom stereocenters. The molecule has 2 bridgehead atoms. The van der Waals surface area contributed by atoms with Crippen molar-refractivity contribution in [2.75, 3.05) is 6.61 Å². The molecule has 0 spiro atoms. The van der Waals surface area contributed by atoms with Crippen molar-refractivity contribution in [3.05, 3.63) is 0 Å². The van der Waals surface area contributed by atoms with Gasteiger partial charge in [0.2, 0.25) is 0 Å². The third kappa shape index (κ3) is 1.37. The molecule has 0 aliphatic carbocycles. The van der Waals surface area contributed by atoms with Gasteiger partial charge in [0.25, 0.3) is 0 Å². The van der Waals surface area contributed by atoms with E-state index in [1.807, 2.05) is 13.8 Å². The Labute approximate surface area is 76.8 Å². The highest BCUT2D eigenvalue weighted by Crippen LogP contribution is 2.37. The number of hydrogen-bond acceptors (Lipinski definition) is 3. The van der Waals surface area contributed by atoms with E-state index in [1.165, 1.54) is 0 Å². The first-order chi connectivity index (χ1) is 6.11. The second kappa shape index (κ2) is 3.19. The van der Waals surface area contributed by atoms with Crippen LogP contribution in [-0.2, 0) is 9.47 Å². The SMILES string of the molecule is CC(C)[C@H]1[C@H](O)[C@@H]2OC[C@@H](O2)[C@H]1F. The second-order valence-electron chi connectivity index (χ2n) is 4.13. The molecule has 13 heavy (non-hydrogen) atoms. The van der Waals surface area contributed by atoms with Crippen LogP contribution in [0.3, 0.4) is 0 Å². The number of halogens is 1. The summed E-state index contributed by atoms with van der Waals surface area (Å²) in [4.78, 5) is 0. The van der Waals surface area contributed by atoms with Gasteiger partial charge in [-0.25, -0.2) is 4.39 Å².